The molecule has 0 saturated heterocycles. The zero-order valence-electron chi connectivity index (χ0n) is 72.7. The van der Waals surface area contributed by atoms with Crippen LogP contribution >= 0.6 is 58.0 Å². The number of aromatic nitrogens is 15. The van der Waals surface area contributed by atoms with E-state index >= 15 is 0 Å². The standard InChI is InChI=1S/2C20H15Cl2N3O2.C20H16ClN3O2.2C20H23N3O2/c2*1-10-3-5-13(17(26)7-10)14-9-23-19-18(11(2)24-25(19)20(14)27)12-4-6-15(21)16(22)8-12;1-11-3-8-15(17(25)9-11)16-10-22-19-18(12(2)23-24(19)20(16)26)13-4-6-14(21)7-5-13;2*1-12-8-9-15(17(24)10-12)16-11-21-19-18(14-6-4-3-5-7-14)13(2)22-23(19)20(16)25/h2*3-9,24,26H,1-2H3;3-10,23,25H,1-2H3;2*8-11,14,22,24H,3-7H2,1-2H3. The summed E-state index contributed by atoms with van der Waals surface area (Å²) in [7, 11) is 0. The van der Waals surface area contributed by atoms with Crippen molar-refractivity contribution in [3.8, 4) is 118 Å². The maximum absolute atomic E-state index is 13.0. The van der Waals surface area contributed by atoms with Gasteiger partial charge in [-0.25, -0.2) is 47.5 Å². The molecule has 0 bridgehead atoms. The average Bonchev–Trinajstić information content (AvgIpc) is 1.62. The van der Waals surface area contributed by atoms with Gasteiger partial charge in [-0.05, 0) is 218 Å². The van der Waals surface area contributed by atoms with Crippen molar-refractivity contribution in [1.82, 2.24) is 73.0 Å². The summed E-state index contributed by atoms with van der Waals surface area (Å²) in [6, 6.07) is 44.1. The second-order valence-electron chi connectivity index (χ2n) is 33.4. The fourth-order valence-electron chi connectivity index (χ4n) is 17.7. The minimum Gasteiger partial charge on any atom is -0.507 e. The van der Waals surface area contributed by atoms with Crippen molar-refractivity contribution in [3.05, 3.63) is 327 Å². The predicted molar refractivity (Wildman–Crippen MR) is 515 cm³/mol. The Morgan fingerprint density at radius 1 is 0.269 bits per heavy atom. The van der Waals surface area contributed by atoms with Crippen LogP contribution in [-0.4, -0.2) is 98.5 Å². The van der Waals surface area contributed by atoms with Gasteiger partial charge in [0, 0.05) is 120 Å². The molecule has 10 aromatic heterocycles. The Bertz CT molecular complexity index is 7450. The highest BCUT2D eigenvalue weighted by Crippen LogP contribution is 2.42. The van der Waals surface area contributed by atoms with Gasteiger partial charge in [0.15, 0.2) is 28.2 Å². The van der Waals surface area contributed by atoms with Gasteiger partial charge in [0.2, 0.25) is 0 Å². The zero-order chi connectivity index (χ0) is 92.1. The van der Waals surface area contributed by atoms with E-state index in [0.29, 0.717) is 110 Å². The van der Waals surface area contributed by atoms with Crippen LogP contribution in [0.25, 0.3) is 117 Å². The zero-order valence-corrected chi connectivity index (χ0v) is 76.5. The van der Waals surface area contributed by atoms with Crippen molar-refractivity contribution in [2.24, 2.45) is 0 Å². The number of H-pyrrole nitrogens is 5. The number of nitrogens with zero attached hydrogens (tertiary/aromatic N) is 10. The van der Waals surface area contributed by atoms with Crippen molar-refractivity contribution in [3.63, 3.8) is 0 Å². The molecule has 0 spiro atoms. The number of hydrogen-bond acceptors (Lipinski definition) is 15. The molecule has 10 N–H and O–H groups in total. The van der Waals surface area contributed by atoms with Gasteiger partial charge >= 0.3 is 0 Å². The first kappa shape index (κ1) is 89.7. The molecule has 8 aromatic carbocycles. The SMILES string of the molecule is Cc1ccc(-c2cnc3c(-c4ccc(Cl)c(Cl)c4)c(C)[nH]n3c2=O)c(O)c1.Cc1ccc(-c2cnc3c(-c4ccc(Cl)c(Cl)c4)c(C)[nH]n3c2=O)c(O)c1.Cc1ccc(-c2cnc3c(-c4ccc(Cl)cc4)c(C)[nH]n3c2=O)c(O)c1.Cc1ccc(-c2cnc3c(C4CCCCC4)c(C)[nH]n3c2=O)c(O)c1.Cc1ccc(-c2cnc3c(C4CCCCC4)c(C)[nH]n3c2=O)c(O)c1. The van der Waals surface area contributed by atoms with E-state index < -0.39 is 0 Å². The van der Waals surface area contributed by atoms with Crippen molar-refractivity contribution in [2.75, 3.05) is 0 Å². The molecule has 0 atom stereocenters. The summed E-state index contributed by atoms with van der Waals surface area (Å²) in [6.07, 6.45) is 19.8. The number of nitrogens with one attached hydrogen (secondary N) is 5. The molecule has 130 heavy (non-hydrogen) atoms. The van der Waals surface area contributed by atoms with E-state index in [4.69, 9.17) is 58.0 Å². The van der Waals surface area contributed by atoms with Crippen molar-refractivity contribution in [2.45, 2.75) is 145 Å². The summed E-state index contributed by atoms with van der Waals surface area (Å²) in [5.41, 5.74) is 22.2. The van der Waals surface area contributed by atoms with E-state index in [1.54, 1.807) is 109 Å². The van der Waals surface area contributed by atoms with Crippen LogP contribution in [0.4, 0.5) is 0 Å². The third-order valence-electron chi connectivity index (χ3n) is 24.1. The smallest absolute Gasteiger partial charge is 0.280 e. The van der Waals surface area contributed by atoms with Crippen LogP contribution in [0, 0.1) is 69.2 Å². The minimum absolute atomic E-state index is 0.0434. The number of phenolic OH excluding ortho intramolecular Hbond substituents is 5. The first-order valence-electron chi connectivity index (χ1n) is 42.5. The van der Waals surface area contributed by atoms with Crippen LogP contribution in [0.5, 0.6) is 28.7 Å². The van der Waals surface area contributed by atoms with Gasteiger partial charge in [-0.3, -0.25) is 49.5 Å². The van der Waals surface area contributed by atoms with Crippen LogP contribution in [0.2, 0.25) is 25.1 Å². The monoisotopic (exact) mass is 1840 g/mol. The van der Waals surface area contributed by atoms with E-state index in [1.165, 1.54) is 90.8 Å². The van der Waals surface area contributed by atoms with E-state index in [-0.39, 0.29) is 56.5 Å². The summed E-state index contributed by atoms with van der Waals surface area (Å²) < 4.78 is 7.24. The third kappa shape index (κ3) is 17.7. The molecule has 2 aliphatic carbocycles. The van der Waals surface area contributed by atoms with Crippen LogP contribution in [-0.2, 0) is 0 Å². The number of benzene rings is 8. The highest BCUT2D eigenvalue weighted by Gasteiger charge is 2.29. The molecule has 18 aromatic rings. The number of aryl methyl sites for hydroxylation is 10. The Kier molecular flexibility index (Phi) is 25.7. The molecule has 2 fully saturated rings. The lowest BCUT2D eigenvalue weighted by molar-refractivity contribution is 0.444. The normalized spacial score (nSPS) is 13.0. The van der Waals surface area contributed by atoms with Gasteiger partial charge in [-0.15, -0.1) is 0 Å². The second-order valence-corrected chi connectivity index (χ2v) is 35.4. The molecular formula is C100H92Cl5N15O10. The molecule has 662 valence electrons. The maximum Gasteiger partial charge on any atom is 0.280 e. The molecule has 2 saturated carbocycles. The van der Waals surface area contributed by atoms with Gasteiger partial charge in [0.05, 0.1) is 47.9 Å². The number of hydrogen-bond donors (Lipinski definition) is 10. The van der Waals surface area contributed by atoms with Crippen molar-refractivity contribution >= 4 is 86.2 Å². The summed E-state index contributed by atoms with van der Waals surface area (Å²) in [6.45, 7) is 19.1. The first-order valence-corrected chi connectivity index (χ1v) is 44.4. The number of halogens is 5. The Morgan fingerprint density at radius 3 is 0.769 bits per heavy atom. The van der Waals surface area contributed by atoms with Crippen LogP contribution in [0.15, 0.2) is 207 Å². The Labute approximate surface area is 769 Å². The third-order valence-corrected chi connectivity index (χ3v) is 25.8. The largest absolute Gasteiger partial charge is 0.507 e. The minimum atomic E-state index is -0.298. The van der Waals surface area contributed by atoms with Gasteiger partial charge in [0.25, 0.3) is 27.8 Å². The second kappa shape index (κ2) is 37.2. The number of aromatic amines is 5. The quantitative estimate of drug-likeness (QED) is 0.0608. The van der Waals surface area contributed by atoms with E-state index in [1.807, 2.05) is 124 Å². The summed E-state index contributed by atoms with van der Waals surface area (Å²) in [4.78, 5) is 87.6. The van der Waals surface area contributed by atoms with Gasteiger partial charge in [-0.1, -0.05) is 181 Å². The topological polar surface area (TPSA) is 352 Å². The fraction of sp³-hybridized carbons (Fsp3) is 0.220. The molecule has 0 radical (unpaired) electrons. The molecular weight excluding hydrogens is 1750 g/mol. The van der Waals surface area contributed by atoms with Crippen LogP contribution < -0.4 is 27.8 Å². The van der Waals surface area contributed by atoms with E-state index in [0.717, 1.165) is 127 Å². The highest BCUT2D eigenvalue weighted by atomic mass is 35.5. The van der Waals surface area contributed by atoms with Crippen LogP contribution in [0.3, 0.4) is 0 Å². The summed E-state index contributed by atoms with van der Waals surface area (Å²) >= 11 is 30.3. The lowest BCUT2D eigenvalue weighted by atomic mass is 9.84. The average molecular weight is 1840 g/mol. The van der Waals surface area contributed by atoms with Crippen molar-refractivity contribution in [1.29, 1.82) is 0 Å². The van der Waals surface area contributed by atoms with Gasteiger partial charge in [0.1, 0.15) is 28.7 Å². The van der Waals surface area contributed by atoms with Gasteiger partial charge < -0.3 is 25.5 Å². The molecule has 25 nitrogen and oxygen atoms in total. The van der Waals surface area contributed by atoms with E-state index in [9.17, 15) is 49.5 Å². The van der Waals surface area contributed by atoms with E-state index in [2.05, 4.69) is 50.4 Å². The first-order chi connectivity index (χ1) is 62.3. The number of fused-ring (bicyclic) bond motifs is 5. The summed E-state index contributed by atoms with van der Waals surface area (Å²) in [5, 5.41) is 69.1. The molecule has 2 aliphatic rings. The van der Waals surface area contributed by atoms with Crippen molar-refractivity contribution < 1.29 is 25.5 Å². The van der Waals surface area contributed by atoms with Crippen LogP contribution in [0.1, 0.15) is 143 Å². The number of phenols is 5. The Balaban J connectivity index is 0.000000119. The molecule has 0 unspecified atom stereocenters. The lowest BCUT2D eigenvalue weighted by Crippen LogP contribution is -2.17. The number of aromatic hydroxyl groups is 5. The van der Waals surface area contributed by atoms with Gasteiger partial charge in [-0.2, -0.15) is 0 Å². The molecule has 20 rings (SSSR count). The maximum atomic E-state index is 13.0. The summed E-state index contributed by atoms with van der Waals surface area (Å²) in [5.74, 6) is 1.30. The predicted octanol–water partition coefficient (Wildman–Crippen LogP) is 22.4. The fourth-order valence-corrected chi connectivity index (χ4v) is 18.4. The Morgan fingerprint density at radius 2 is 0.508 bits per heavy atom. The highest BCUT2D eigenvalue weighted by molar-refractivity contribution is 6.42. The lowest BCUT2D eigenvalue weighted by Gasteiger charge is -2.21. The molecule has 0 amide bonds. The Hall–Kier alpha value is -13.7. The molecule has 0 aliphatic heterocycles. The molecule has 10 heterocycles. The molecule has 30 heteroatoms. The number of rotatable bonds is 10.